The zero-order chi connectivity index (χ0) is 14.0. The highest BCUT2D eigenvalue weighted by Gasteiger charge is 2.38. The molecule has 1 aromatic rings. The van der Waals surface area contributed by atoms with Crippen LogP contribution in [0.2, 0.25) is 0 Å². The largest absolute Gasteiger partial charge is 0.377 e. The van der Waals surface area contributed by atoms with Crippen molar-refractivity contribution in [3.05, 3.63) is 11.5 Å². The lowest BCUT2D eigenvalue weighted by atomic mass is 9.97. The maximum atomic E-state index is 12.2. The number of ether oxygens (including phenoxy) is 1. The van der Waals surface area contributed by atoms with Gasteiger partial charge >= 0.3 is 0 Å². The molecule has 19 heavy (non-hydrogen) atoms. The van der Waals surface area contributed by atoms with Gasteiger partial charge < -0.3 is 9.72 Å². The number of nitrogens with zero attached hydrogens (tertiary/aromatic N) is 2. The molecule has 0 saturated heterocycles. The fourth-order valence-electron chi connectivity index (χ4n) is 2.18. The highest BCUT2D eigenvalue weighted by atomic mass is 16.5. The molecule has 0 aromatic carbocycles. The summed E-state index contributed by atoms with van der Waals surface area (Å²) in [6.07, 6.45) is 1.87. The number of rotatable bonds is 5. The predicted molar refractivity (Wildman–Crippen MR) is 70.1 cm³/mol. The number of imidazole rings is 1. The van der Waals surface area contributed by atoms with Crippen molar-refractivity contribution < 1.29 is 14.3 Å². The van der Waals surface area contributed by atoms with Gasteiger partial charge in [-0.15, -0.1) is 0 Å². The van der Waals surface area contributed by atoms with E-state index in [0.29, 0.717) is 30.5 Å². The third-order valence-electron chi connectivity index (χ3n) is 3.28. The predicted octanol–water partition coefficient (Wildman–Crippen LogP) is 1.52. The fraction of sp³-hybridized carbons (Fsp3) is 0.615. The van der Waals surface area contributed by atoms with Crippen LogP contribution in [0, 0.1) is 5.92 Å². The number of unbranched alkanes of at least 4 members (excludes halogenated alkanes) is 1. The molecule has 1 amide bonds. The summed E-state index contributed by atoms with van der Waals surface area (Å²) in [5, 5.41) is 0. The number of amides is 1. The van der Waals surface area contributed by atoms with Gasteiger partial charge in [-0.25, -0.2) is 4.98 Å². The number of aromatic nitrogens is 2. The number of hydrogen-bond donors (Lipinski definition) is 1. The Morgan fingerprint density at radius 2 is 2.16 bits per heavy atom. The maximum Gasteiger partial charge on any atom is 0.238 e. The molecule has 1 aromatic heterocycles. The molecule has 1 N–H and O–H groups in total. The molecule has 0 radical (unpaired) electrons. The molecule has 1 aliphatic heterocycles. The van der Waals surface area contributed by atoms with Gasteiger partial charge in [-0.2, -0.15) is 0 Å². The van der Waals surface area contributed by atoms with Crippen LogP contribution in [0.25, 0.3) is 0 Å². The molecule has 6 heteroatoms. The van der Waals surface area contributed by atoms with E-state index in [1.165, 1.54) is 0 Å². The molecule has 6 nitrogen and oxygen atoms in total. The van der Waals surface area contributed by atoms with Crippen LogP contribution in [0.1, 0.15) is 43.0 Å². The zero-order valence-corrected chi connectivity index (χ0v) is 11.5. The van der Waals surface area contributed by atoms with E-state index < -0.39 is 5.92 Å². The molecule has 1 unspecified atom stereocenters. The van der Waals surface area contributed by atoms with Crippen molar-refractivity contribution in [1.29, 1.82) is 0 Å². The van der Waals surface area contributed by atoms with Crippen LogP contribution < -0.4 is 4.90 Å². The maximum absolute atomic E-state index is 12.2. The molecule has 1 atom stereocenters. The van der Waals surface area contributed by atoms with Crippen molar-refractivity contribution >= 4 is 17.5 Å². The SMILES string of the molecule is CCCCN1C(=O)C(C)C(=O)c2[nH]c(COC)nc21. The Kier molecular flexibility index (Phi) is 3.99. The van der Waals surface area contributed by atoms with Gasteiger partial charge in [0.2, 0.25) is 5.91 Å². The molecule has 0 saturated carbocycles. The summed E-state index contributed by atoms with van der Waals surface area (Å²) in [5.74, 6) is 0.0297. The smallest absolute Gasteiger partial charge is 0.238 e. The Hall–Kier alpha value is -1.69. The second-order valence-electron chi connectivity index (χ2n) is 4.74. The minimum absolute atomic E-state index is 0.165. The van der Waals surface area contributed by atoms with Crippen molar-refractivity contribution in [2.45, 2.75) is 33.3 Å². The minimum atomic E-state index is -0.639. The summed E-state index contributed by atoms with van der Waals surface area (Å²) in [6, 6.07) is 0. The highest BCUT2D eigenvalue weighted by Crippen LogP contribution is 2.29. The number of aromatic amines is 1. The van der Waals surface area contributed by atoms with E-state index in [1.54, 1.807) is 18.9 Å². The lowest BCUT2D eigenvalue weighted by molar-refractivity contribution is -0.120. The average Bonchev–Trinajstić information content (AvgIpc) is 2.80. The molecular weight excluding hydrogens is 246 g/mol. The van der Waals surface area contributed by atoms with Gasteiger partial charge in [-0.3, -0.25) is 14.5 Å². The number of carbonyl (C=O) groups is 2. The van der Waals surface area contributed by atoms with E-state index in [1.807, 2.05) is 0 Å². The van der Waals surface area contributed by atoms with Crippen LogP contribution in [-0.4, -0.2) is 35.3 Å². The Morgan fingerprint density at radius 1 is 1.42 bits per heavy atom. The number of methoxy groups -OCH3 is 1. The fourth-order valence-corrected chi connectivity index (χ4v) is 2.18. The quantitative estimate of drug-likeness (QED) is 0.819. The second-order valence-corrected chi connectivity index (χ2v) is 4.74. The lowest BCUT2D eigenvalue weighted by Crippen LogP contribution is -2.44. The molecule has 2 heterocycles. The van der Waals surface area contributed by atoms with Crippen LogP contribution in [0.15, 0.2) is 0 Å². The number of Topliss-reactive ketones (excluding diaryl/α,β-unsaturated/α-hetero) is 1. The molecule has 0 aliphatic carbocycles. The number of nitrogens with one attached hydrogen (secondary N) is 1. The number of carbonyl (C=O) groups excluding carboxylic acids is 2. The third-order valence-corrected chi connectivity index (χ3v) is 3.28. The number of hydrogen-bond acceptors (Lipinski definition) is 4. The monoisotopic (exact) mass is 265 g/mol. The van der Waals surface area contributed by atoms with Crippen molar-refractivity contribution in [2.75, 3.05) is 18.6 Å². The highest BCUT2D eigenvalue weighted by molar-refractivity contribution is 6.20. The molecule has 0 fully saturated rings. The van der Waals surface area contributed by atoms with Crippen molar-refractivity contribution in [3.63, 3.8) is 0 Å². The summed E-state index contributed by atoms with van der Waals surface area (Å²) in [5.41, 5.74) is 0.426. The number of H-pyrrole nitrogens is 1. The Morgan fingerprint density at radius 3 is 2.79 bits per heavy atom. The molecular formula is C13H19N3O3. The van der Waals surface area contributed by atoms with E-state index in [-0.39, 0.29) is 11.7 Å². The van der Waals surface area contributed by atoms with Gasteiger partial charge in [-0.1, -0.05) is 13.3 Å². The van der Waals surface area contributed by atoms with Crippen molar-refractivity contribution in [2.24, 2.45) is 5.92 Å². The summed E-state index contributed by atoms with van der Waals surface area (Å²) < 4.78 is 5.00. The van der Waals surface area contributed by atoms with Gasteiger partial charge in [0.1, 0.15) is 24.0 Å². The van der Waals surface area contributed by atoms with Crippen LogP contribution in [0.3, 0.4) is 0 Å². The van der Waals surface area contributed by atoms with E-state index in [2.05, 4.69) is 16.9 Å². The second kappa shape index (κ2) is 5.52. The number of ketones is 1. The first-order chi connectivity index (χ1) is 9.10. The Labute approximate surface area is 112 Å². The zero-order valence-electron chi connectivity index (χ0n) is 11.5. The Bertz CT molecular complexity index is 495. The normalized spacial score (nSPS) is 18.9. The summed E-state index contributed by atoms with van der Waals surface area (Å²) >= 11 is 0. The first kappa shape index (κ1) is 13.7. The standard InChI is InChI=1S/C13H19N3O3/c1-4-5-6-16-12-10(11(17)8(2)13(16)18)14-9(15-12)7-19-3/h8H,4-7H2,1-3H3,(H,14,15). The van der Waals surface area contributed by atoms with E-state index in [9.17, 15) is 9.59 Å². The Balaban J connectivity index is 2.38. The number of anilines is 1. The van der Waals surface area contributed by atoms with Gasteiger partial charge in [0.15, 0.2) is 11.6 Å². The van der Waals surface area contributed by atoms with Crippen molar-refractivity contribution in [3.8, 4) is 0 Å². The number of fused-ring (bicyclic) bond motifs is 1. The van der Waals surface area contributed by atoms with Crippen LogP contribution in [-0.2, 0) is 16.1 Å². The summed E-state index contributed by atoms with van der Waals surface area (Å²) in [7, 11) is 1.56. The van der Waals surface area contributed by atoms with Gasteiger partial charge in [-0.05, 0) is 13.3 Å². The molecule has 104 valence electrons. The van der Waals surface area contributed by atoms with Crippen LogP contribution in [0.5, 0.6) is 0 Å². The van der Waals surface area contributed by atoms with Crippen LogP contribution in [0.4, 0.5) is 5.82 Å². The molecule has 0 bridgehead atoms. The van der Waals surface area contributed by atoms with E-state index in [0.717, 1.165) is 12.8 Å². The lowest BCUT2D eigenvalue weighted by Gasteiger charge is -2.28. The van der Waals surface area contributed by atoms with E-state index in [4.69, 9.17) is 4.74 Å². The molecule has 1 aliphatic rings. The first-order valence-electron chi connectivity index (χ1n) is 6.53. The van der Waals surface area contributed by atoms with E-state index >= 15 is 0 Å². The first-order valence-corrected chi connectivity index (χ1v) is 6.53. The molecule has 2 rings (SSSR count). The third kappa shape index (κ3) is 2.40. The average molecular weight is 265 g/mol. The summed E-state index contributed by atoms with van der Waals surface area (Å²) in [6.45, 7) is 4.59. The summed E-state index contributed by atoms with van der Waals surface area (Å²) in [4.78, 5) is 33.2. The topological polar surface area (TPSA) is 75.3 Å². The van der Waals surface area contributed by atoms with Gasteiger partial charge in [0, 0.05) is 13.7 Å². The van der Waals surface area contributed by atoms with Gasteiger partial charge in [0.25, 0.3) is 0 Å². The molecule has 0 spiro atoms. The minimum Gasteiger partial charge on any atom is -0.377 e. The van der Waals surface area contributed by atoms with Crippen molar-refractivity contribution in [1.82, 2.24) is 9.97 Å². The van der Waals surface area contributed by atoms with Gasteiger partial charge in [0.05, 0.1) is 0 Å². The van der Waals surface area contributed by atoms with Crippen LogP contribution >= 0.6 is 0 Å².